The number of rotatable bonds is 9. The van der Waals surface area contributed by atoms with Crippen LogP contribution in [0.1, 0.15) is 29.8 Å². The topological polar surface area (TPSA) is 93.7 Å². The Kier molecular flexibility index (Phi) is 7.20. The summed E-state index contributed by atoms with van der Waals surface area (Å²) < 4.78 is 37.9. The lowest BCUT2D eigenvalue weighted by molar-refractivity contribution is 0.0950. The molecule has 0 saturated heterocycles. The molecule has 7 nitrogen and oxygen atoms in total. The van der Waals surface area contributed by atoms with E-state index in [0.717, 1.165) is 5.56 Å². The Bertz CT molecular complexity index is 897. The van der Waals surface area contributed by atoms with Crippen molar-refractivity contribution >= 4 is 15.9 Å². The van der Waals surface area contributed by atoms with Crippen molar-refractivity contribution in [3.8, 4) is 11.5 Å². The largest absolute Gasteiger partial charge is 0.496 e. The van der Waals surface area contributed by atoms with E-state index in [-0.39, 0.29) is 29.3 Å². The van der Waals surface area contributed by atoms with E-state index in [9.17, 15) is 13.2 Å². The summed E-state index contributed by atoms with van der Waals surface area (Å²) in [6.07, 6.45) is 0. The van der Waals surface area contributed by atoms with Gasteiger partial charge in [-0.25, -0.2) is 13.1 Å². The summed E-state index contributed by atoms with van der Waals surface area (Å²) in [5.41, 5.74) is 1.05. The summed E-state index contributed by atoms with van der Waals surface area (Å²) in [6, 6.07) is 11.7. The monoisotopic (exact) mass is 392 g/mol. The van der Waals surface area contributed by atoms with E-state index in [1.807, 2.05) is 18.2 Å². The second kappa shape index (κ2) is 9.38. The van der Waals surface area contributed by atoms with Gasteiger partial charge in [0.15, 0.2) is 0 Å². The average Bonchev–Trinajstić information content (AvgIpc) is 2.66. The molecule has 0 radical (unpaired) electrons. The Morgan fingerprint density at radius 3 is 2.48 bits per heavy atom. The molecule has 2 N–H and O–H groups in total. The van der Waals surface area contributed by atoms with Gasteiger partial charge in [0.25, 0.3) is 5.91 Å². The summed E-state index contributed by atoms with van der Waals surface area (Å²) >= 11 is 0. The highest BCUT2D eigenvalue weighted by Crippen LogP contribution is 2.25. The number of carbonyl (C=O) groups excluding carboxylic acids is 1. The molecule has 2 aromatic carbocycles. The van der Waals surface area contributed by atoms with Gasteiger partial charge in [-0.15, -0.1) is 0 Å². The molecule has 0 aliphatic heterocycles. The summed E-state index contributed by atoms with van der Waals surface area (Å²) in [7, 11) is -2.21. The minimum Gasteiger partial charge on any atom is -0.496 e. The average molecular weight is 392 g/mol. The minimum atomic E-state index is -3.77. The van der Waals surface area contributed by atoms with Crippen molar-refractivity contribution in [2.45, 2.75) is 25.3 Å². The second-order valence-corrected chi connectivity index (χ2v) is 7.33. The molecule has 0 atom stereocenters. The van der Waals surface area contributed by atoms with Gasteiger partial charge in [0.05, 0.1) is 13.7 Å². The van der Waals surface area contributed by atoms with Gasteiger partial charge in [0.2, 0.25) is 10.0 Å². The third kappa shape index (κ3) is 5.21. The number of methoxy groups -OCH3 is 1. The highest BCUT2D eigenvalue weighted by molar-refractivity contribution is 7.89. The van der Waals surface area contributed by atoms with Gasteiger partial charge in [-0.2, -0.15) is 0 Å². The molecular weight excluding hydrogens is 368 g/mol. The summed E-state index contributed by atoms with van der Waals surface area (Å²) in [5.74, 6) is 0.483. The maximum absolute atomic E-state index is 12.5. The van der Waals surface area contributed by atoms with Crippen LogP contribution in [0.5, 0.6) is 11.5 Å². The lowest BCUT2D eigenvalue weighted by Gasteiger charge is -2.13. The zero-order valence-corrected chi connectivity index (χ0v) is 16.4. The van der Waals surface area contributed by atoms with E-state index >= 15 is 0 Å². The van der Waals surface area contributed by atoms with Gasteiger partial charge >= 0.3 is 0 Å². The number of sulfonamides is 1. The normalized spacial score (nSPS) is 11.1. The van der Waals surface area contributed by atoms with Gasteiger partial charge in [0, 0.05) is 24.2 Å². The molecule has 27 heavy (non-hydrogen) atoms. The van der Waals surface area contributed by atoms with Crippen molar-refractivity contribution in [2.24, 2.45) is 0 Å². The van der Waals surface area contributed by atoms with Crippen molar-refractivity contribution in [1.82, 2.24) is 10.0 Å². The Morgan fingerprint density at radius 2 is 1.81 bits per heavy atom. The molecule has 2 aromatic rings. The van der Waals surface area contributed by atoms with Gasteiger partial charge in [0.1, 0.15) is 16.4 Å². The van der Waals surface area contributed by atoms with Crippen LogP contribution >= 0.6 is 0 Å². The fraction of sp³-hybridized carbons (Fsp3) is 0.316. The fourth-order valence-corrected chi connectivity index (χ4v) is 3.74. The zero-order valence-electron chi connectivity index (χ0n) is 15.6. The third-order valence-electron chi connectivity index (χ3n) is 3.76. The highest BCUT2D eigenvalue weighted by Gasteiger charge is 2.21. The number of amides is 1. The van der Waals surface area contributed by atoms with Crippen LogP contribution in [0.15, 0.2) is 47.4 Å². The number of hydrogen-bond donors (Lipinski definition) is 2. The first-order chi connectivity index (χ1) is 12.9. The van der Waals surface area contributed by atoms with Gasteiger partial charge < -0.3 is 14.8 Å². The van der Waals surface area contributed by atoms with Gasteiger partial charge in [-0.1, -0.05) is 25.1 Å². The van der Waals surface area contributed by atoms with Crippen LogP contribution in [0.25, 0.3) is 0 Å². The first-order valence-corrected chi connectivity index (χ1v) is 10.1. The molecule has 0 unspecified atom stereocenters. The first-order valence-electron chi connectivity index (χ1n) is 8.59. The molecule has 0 saturated carbocycles. The quantitative estimate of drug-likeness (QED) is 0.683. The SMILES string of the molecule is CCNS(=O)(=O)c1cc(C(=O)NCc2ccccc2OC)ccc1OCC. The Balaban J connectivity index is 2.26. The van der Waals surface area contributed by atoms with Crippen LogP contribution in [-0.4, -0.2) is 34.6 Å². The maximum atomic E-state index is 12.5. The van der Waals surface area contributed by atoms with Gasteiger partial charge in [-0.05, 0) is 31.2 Å². The molecule has 0 aromatic heterocycles. The van der Waals surface area contributed by atoms with Crippen molar-refractivity contribution < 1.29 is 22.7 Å². The predicted molar refractivity (Wildman–Crippen MR) is 103 cm³/mol. The van der Waals surface area contributed by atoms with E-state index in [4.69, 9.17) is 9.47 Å². The third-order valence-corrected chi connectivity index (χ3v) is 5.33. The number of benzene rings is 2. The first kappa shape index (κ1) is 20.7. The molecule has 1 amide bonds. The fourth-order valence-electron chi connectivity index (χ4n) is 2.53. The Morgan fingerprint density at radius 1 is 1.07 bits per heavy atom. The van der Waals surface area contributed by atoms with E-state index in [0.29, 0.717) is 12.4 Å². The number of ether oxygens (including phenoxy) is 2. The van der Waals surface area contributed by atoms with Crippen LogP contribution in [0, 0.1) is 0 Å². The zero-order chi connectivity index (χ0) is 19.9. The number of nitrogens with one attached hydrogen (secondary N) is 2. The second-order valence-electron chi connectivity index (χ2n) is 5.59. The van der Waals surface area contributed by atoms with Crippen molar-refractivity contribution in [1.29, 1.82) is 0 Å². The van der Waals surface area contributed by atoms with Crippen molar-refractivity contribution in [2.75, 3.05) is 20.3 Å². The molecule has 0 fully saturated rings. The molecule has 0 bridgehead atoms. The molecular formula is C19H24N2O5S. The van der Waals surface area contributed by atoms with Gasteiger partial charge in [-0.3, -0.25) is 4.79 Å². The van der Waals surface area contributed by atoms with Crippen LogP contribution in [0.2, 0.25) is 0 Å². The Labute approximate surface area is 159 Å². The standard InChI is InChI=1S/C19H24N2O5S/c1-4-21-27(23,24)18-12-14(10-11-17(18)26-5-2)19(22)20-13-15-8-6-7-9-16(15)25-3/h6-12,21H,4-5,13H2,1-3H3,(H,20,22). The molecule has 146 valence electrons. The molecule has 0 heterocycles. The van der Waals surface area contributed by atoms with E-state index in [1.165, 1.54) is 18.2 Å². The Hall–Kier alpha value is -2.58. The summed E-state index contributed by atoms with van der Waals surface area (Å²) in [5, 5.41) is 2.78. The number of hydrogen-bond acceptors (Lipinski definition) is 5. The van der Waals surface area contributed by atoms with Crippen LogP contribution in [0.3, 0.4) is 0 Å². The lowest BCUT2D eigenvalue weighted by atomic mass is 10.1. The van der Waals surface area contributed by atoms with E-state index in [1.54, 1.807) is 27.0 Å². The number of carbonyl (C=O) groups is 1. The lowest BCUT2D eigenvalue weighted by Crippen LogP contribution is -2.26. The molecule has 0 spiro atoms. The van der Waals surface area contributed by atoms with Crippen LogP contribution in [0.4, 0.5) is 0 Å². The maximum Gasteiger partial charge on any atom is 0.251 e. The predicted octanol–water partition coefficient (Wildman–Crippen LogP) is 2.32. The summed E-state index contributed by atoms with van der Waals surface area (Å²) in [6.45, 7) is 4.25. The van der Waals surface area contributed by atoms with E-state index in [2.05, 4.69) is 10.0 Å². The summed E-state index contributed by atoms with van der Waals surface area (Å²) in [4.78, 5) is 12.5. The molecule has 2 rings (SSSR count). The minimum absolute atomic E-state index is 0.0591. The van der Waals surface area contributed by atoms with Crippen molar-refractivity contribution in [3.05, 3.63) is 53.6 Å². The molecule has 8 heteroatoms. The highest BCUT2D eigenvalue weighted by atomic mass is 32.2. The number of para-hydroxylation sites is 1. The van der Waals surface area contributed by atoms with E-state index < -0.39 is 15.9 Å². The molecule has 0 aliphatic rings. The van der Waals surface area contributed by atoms with Crippen LogP contribution < -0.4 is 19.5 Å². The smallest absolute Gasteiger partial charge is 0.251 e. The van der Waals surface area contributed by atoms with Crippen molar-refractivity contribution in [3.63, 3.8) is 0 Å². The van der Waals surface area contributed by atoms with Crippen LogP contribution in [-0.2, 0) is 16.6 Å². The molecule has 0 aliphatic carbocycles.